The molecule has 0 radical (unpaired) electrons. The van der Waals surface area contributed by atoms with E-state index in [9.17, 15) is 5.26 Å². The molecule has 0 aliphatic heterocycles. The highest BCUT2D eigenvalue weighted by Crippen LogP contribution is 2.37. The van der Waals surface area contributed by atoms with E-state index in [1.807, 2.05) is 19.1 Å². The second kappa shape index (κ2) is 5.49. The van der Waals surface area contributed by atoms with Gasteiger partial charge < -0.3 is 15.2 Å². The van der Waals surface area contributed by atoms with Gasteiger partial charge in [-0.15, -0.1) is 0 Å². The van der Waals surface area contributed by atoms with E-state index in [-0.39, 0.29) is 5.82 Å². The van der Waals surface area contributed by atoms with Crippen LogP contribution in [-0.4, -0.2) is 19.2 Å². The first-order chi connectivity index (χ1) is 9.62. The Balaban J connectivity index is 2.71. The Kier molecular flexibility index (Phi) is 3.76. The number of nitriles is 1. The topological polar surface area (TPSA) is 81.2 Å². The molecule has 0 spiro atoms. The molecule has 5 heteroatoms. The molecule has 0 bridgehead atoms. The van der Waals surface area contributed by atoms with Gasteiger partial charge >= 0.3 is 0 Å². The van der Waals surface area contributed by atoms with E-state index in [1.54, 1.807) is 26.5 Å². The van der Waals surface area contributed by atoms with Gasteiger partial charge in [-0.2, -0.15) is 5.26 Å². The van der Waals surface area contributed by atoms with Crippen LogP contribution in [0.4, 0.5) is 5.82 Å². The average Bonchev–Trinajstić information content (AvgIpc) is 2.46. The summed E-state index contributed by atoms with van der Waals surface area (Å²) in [7, 11) is 3.16. The number of nitrogens with two attached hydrogens (primary N) is 1. The average molecular weight is 269 g/mol. The fourth-order valence-corrected chi connectivity index (χ4v) is 2.09. The lowest BCUT2D eigenvalue weighted by atomic mass is 9.96. The van der Waals surface area contributed by atoms with Gasteiger partial charge in [-0.25, -0.2) is 4.98 Å². The van der Waals surface area contributed by atoms with Crippen molar-refractivity contribution in [2.45, 2.75) is 6.92 Å². The van der Waals surface area contributed by atoms with Crippen LogP contribution in [0.2, 0.25) is 0 Å². The Hall–Kier alpha value is -2.74. The lowest BCUT2D eigenvalue weighted by Gasteiger charge is -2.14. The maximum Gasteiger partial charge on any atom is 0.161 e. The quantitative estimate of drug-likeness (QED) is 0.926. The van der Waals surface area contributed by atoms with E-state index in [0.717, 1.165) is 16.7 Å². The minimum absolute atomic E-state index is 0.221. The van der Waals surface area contributed by atoms with Crippen LogP contribution in [0.5, 0.6) is 11.5 Å². The van der Waals surface area contributed by atoms with Crippen molar-refractivity contribution in [2.75, 3.05) is 20.0 Å². The molecule has 0 saturated carbocycles. The van der Waals surface area contributed by atoms with Gasteiger partial charge in [0, 0.05) is 11.8 Å². The lowest BCUT2D eigenvalue weighted by molar-refractivity contribution is 0.355. The summed E-state index contributed by atoms with van der Waals surface area (Å²) < 4.78 is 10.6. The highest BCUT2D eigenvalue weighted by atomic mass is 16.5. The molecule has 2 N–H and O–H groups in total. The Morgan fingerprint density at radius 1 is 1.15 bits per heavy atom. The van der Waals surface area contributed by atoms with Crippen molar-refractivity contribution < 1.29 is 9.47 Å². The summed E-state index contributed by atoms with van der Waals surface area (Å²) in [5.74, 6) is 1.47. The second-order valence-electron chi connectivity index (χ2n) is 4.25. The van der Waals surface area contributed by atoms with Crippen LogP contribution in [0.25, 0.3) is 11.1 Å². The van der Waals surface area contributed by atoms with Crippen LogP contribution >= 0.6 is 0 Å². The number of anilines is 1. The van der Waals surface area contributed by atoms with Crippen molar-refractivity contribution in [3.63, 3.8) is 0 Å². The maximum absolute atomic E-state index is 9.25. The molecule has 5 nitrogen and oxygen atoms in total. The number of aryl methyl sites for hydroxylation is 1. The lowest BCUT2D eigenvalue weighted by Crippen LogP contribution is -1.99. The molecule has 20 heavy (non-hydrogen) atoms. The van der Waals surface area contributed by atoms with Gasteiger partial charge in [-0.1, -0.05) is 0 Å². The van der Waals surface area contributed by atoms with Crippen LogP contribution in [0.1, 0.15) is 11.1 Å². The Morgan fingerprint density at radius 3 is 2.40 bits per heavy atom. The molecule has 0 aliphatic rings. The molecule has 0 amide bonds. The molecule has 0 atom stereocenters. The molecule has 1 aromatic carbocycles. The molecular formula is C15H15N3O2. The summed E-state index contributed by atoms with van der Waals surface area (Å²) in [5.41, 5.74) is 8.69. The first-order valence-corrected chi connectivity index (χ1v) is 6.00. The van der Waals surface area contributed by atoms with E-state index in [1.165, 1.54) is 0 Å². The first kappa shape index (κ1) is 13.7. The number of nitrogen functional groups attached to an aromatic ring is 1. The molecule has 0 fully saturated rings. The zero-order valence-corrected chi connectivity index (χ0v) is 11.6. The van der Waals surface area contributed by atoms with Gasteiger partial charge in [-0.05, 0) is 36.2 Å². The summed E-state index contributed by atoms with van der Waals surface area (Å²) in [4.78, 5) is 3.94. The number of hydrogen-bond acceptors (Lipinski definition) is 5. The Bertz CT molecular complexity index is 690. The summed E-state index contributed by atoms with van der Waals surface area (Å²) >= 11 is 0. The molecule has 0 saturated heterocycles. The summed E-state index contributed by atoms with van der Waals surface area (Å²) in [6.45, 7) is 1.94. The standard InChI is InChI=1S/C15H15N3O2/c1-9-6-13(19-2)14(20-3)7-11(9)10-4-5-18-15(17)12(10)8-16/h4-7H,1-3H3,(H2,17,18). The fraction of sp³-hybridized carbons (Fsp3) is 0.200. The van der Waals surface area contributed by atoms with E-state index in [2.05, 4.69) is 11.1 Å². The number of benzene rings is 1. The number of hydrogen-bond donors (Lipinski definition) is 1. The molecule has 1 heterocycles. The van der Waals surface area contributed by atoms with Crippen LogP contribution in [0, 0.1) is 18.3 Å². The minimum atomic E-state index is 0.221. The molecule has 1 aromatic heterocycles. The summed E-state index contributed by atoms with van der Waals surface area (Å²) in [5, 5.41) is 9.25. The Labute approximate surface area is 117 Å². The van der Waals surface area contributed by atoms with E-state index >= 15 is 0 Å². The SMILES string of the molecule is COc1cc(C)c(-c2ccnc(N)c2C#N)cc1OC. The normalized spacial score (nSPS) is 9.90. The minimum Gasteiger partial charge on any atom is -0.493 e. The fourth-order valence-electron chi connectivity index (χ4n) is 2.09. The predicted molar refractivity (Wildman–Crippen MR) is 76.6 cm³/mol. The van der Waals surface area contributed by atoms with Crippen molar-refractivity contribution in [1.82, 2.24) is 4.98 Å². The van der Waals surface area contributed by atoms with Gasteiger partial charge in [0.25, 0.3) is 0 Å². The van der Waals surface area contributed by atoms with Crippen molar-refractivity contribution in [2.24, 2.45) is 0 Å². The van der Waals surface area contributed by atoms with Gasteiger partial charge in [0.05, 0.1) is 14.2 Å². The highest BCUT2D eigenvalue weighted by molar-refractivity contribution is 5.78. The molecule has 0 unspecified atom stereocenters. The van der Waals surface area contributed by atoms with Crippen LogP contribution in [-0.2, 0) is 0 Å². The smallest absolute Gasteiger partial charge is 0.161 e. The monoisotopic (exact) mass is 269 g/mol. The number of ether oxygens (including phenoxy) is 2. The highest BCUT2D eigenvalue weighted by Gasteiger charge is 2.14. The summed E-state index contributed by atoms with van der Waals surface area (Å²) in [6.07, 6.45) is 1.58. The van der Waals surface area contributed by atoms with E-state index < -0.39 is 0 Å². The molecule has 2 aromatic rings. The molecular weight excluding hydrogens is 254 g/mol. The Morgan fingerprint density at radius 2 is 1.80 bits per heavy atom. The third kappa shape index (κ3) is 2.24. The van der Waals surface area contributed by atoms with Crippen molar-refractivity contribution in [3.8, 4) is 28.7 Å². The molecule has 0 aliphatic carbocycles. The summed E-state index contributed by atoms with van der Waals surface area (Å²) in [6, 6.07) is 7.57. The third-order valence-electron chi connectivity index (χ3n) is 3.11. The zero-order valence-electron chi connectivity index (χ0n) is 11.6. The number of methoxy groups -OCH3 is 2. The molecule has 102 valence electrons. The van der Waals surface area contributed by atoms with Crippen LogP contribution in [0.3, 0.4) is 0 Å². The number of aromatic nitrogens is 1. The van der Waals surface area contributed by atoms with Gasteiger partial charge in [0.2, 0.25) is 0 Å². The first-order valence-electron chi connectivity index (χ1n) is 6.00. The molecule has 2 rings (SSSR count). The third-order valence-corrected chi connectivity index (χ3v) is 3.11. The second-order valence-corrected chi connectivity index (χ2v) is 4.25. The van der Waals surface area contributed by atoms with E-state index in [0.29, 0.717) is 17.1 Å². The van der Waals surface area contributed by atoms with Crippen molar-refractivity contribution in [1.29, 1.82) is 5.26 Å². The van der Waals surface area contributed by atoms with Gasteiger partial charge in [-0.3, -0.25) is 0 Å². The maximum atomic E-state index is 9.25. The zero-order chi connectivity index (χ0) is 14.7. The number of pyridine rings is 1. The van der Waals surface area contributed by atoms with Gasteiger partial charge in [0.15, 0.2) is 11.5 Å². The number of rotatable bonds is 3. The van der Waals surface area contributed by atoms with Crippen molar-refractivity contribution >= 4 is 5.82 Å². The van der Waals surface area contributed by atoms with Crippen molar-refractivity contribution in [3.05, 3.63) is 35.5 Å². The van der Waals surface area contributed by atoms with Crippen LogP contribution in [0.15, 0.2) is 24.4 Å². The van der Waals surface area contributed by atoms with E-state index in [4.69, 9.17) is 15.2 Å². The largest absolute Gasteiger partial charge is 0.493 e. The predicted octanol–water partition coefficient (Wildman–Crippen LogP) is 2.53. The van der Waals surface area contributed by atoms with Gasteiger partial charge in [0.1, 0.15) is 17.5 Å². The number of nitrogens with zero attached hydrogens (tertiary/aromatic N) is 2. The van der Waals surface area contributed by atoms with Crippen LogP contribution < -0.4 is 15.2 Å².